The lowest BCUT2D eigenvalue weighted by molar-refractivity contribution is 0.153. The largest absolute Gasteiger partial charge is 0.393 e. The van der Waals surface area contributed by atoms with E-state index in [0.717, 1.165) is 19.1 Å². The topological polar surface area (TPSA) is 32.5 Å². The average Bonchev–Trinajstić information content (AvgIpc) is 2.35. The van der Waals surface area contributed by atoms with Crippen molar-refractivity contribution in [2.45, 2.75) is 45.6 Å². The Kier molecular flexibility index (Phi) is 7.12. The van der Waals surface area contributed by atoms with Gasteiger partial charge in [0.1, 0.15) is 0 Å². The second-order valence-corrected chi connectivity index (χ2v) is 6.09. The fraction of sp³-hybridized carbons (Fsp3) is 0.929. The first-order valence-electron chi connectivity index (χ1n) is 7.26. The van der Waals surface area contributed by atoms with Crippen LogP contribution >= 0.6 is 12.2 Å². The van der Waals surface area contributed by atoms with Gasteiger partial charge in [-0.15, -0.1) is 0 Å². The van der Waals surface area contributed by atoms with Gasteiger partial charge in [-0.2, -0.15) is 0 Å². The summed E-state index contributed by atoms with van der Waals surface area (Å²) in [7, 11) is 2.26. The summed E-state index contributed by atoms with van der Waals surface area (Å²) in [5, 5.41) is 0. The highest BCUT2D eigenvalue weighted by molar-refractivity contribution is 7.80. The van der Waals surface area contributed by atoms with Gasteiger partial charge in [0.05, 0.1) is 4.99 Å². The maximum atomic E-state index is 5.70. The van der Waals surface area contributed by atoms with E-state index in [1.54, 1.807) is 0 Å². The molecule has 1 rings (SSSR count). The van der Waals surface area contributed by atoms with E-state index < -0.39 is 0 Å². The maximum Gasteiger partial charge on any atom is 0.0768 e. The van der Waals surface area contributed by atoms with Gasteiger partial charge in [0.15, 0.2) is 0 Å². The molecule has 0 aromatic carbocycles. The molecule has 106 valence electrons. The zero-order valence-electron chi connectivity index (χ0n) is 12.2. The zero-order valence-corrected chi connectivity index (χ0v) is 13.0. The Bertz CT molecular complexity index is 257. The second kappa shape index (κ2) is 8.08. The van der Waals surface area contributed by atoms with Crippen molar-refractivity contribution in [3.8, 4) is 0 Å². The minimum atomic E-state index is 0.323. The Hall–Kier alpha value is -0.190. The first kappa shape index (κ1) is 15.9. The quantitative estimate of drug-likeness (QED) is 0.719. The SMILES string of the molecule is CCN(CCC1CCCCN1C)CC(C)C(N)=S. The van der Waals surface area contributed by atoms with Gasteiger partial charge >= 0.3 is 0 Å². The van der Waals surface area contributed by atoms with E-state index in [2.05, 4.69) is 30.7 Å². The second-order valence-electron chi connectivity index (χ2n) is 5.62. The molecule has 2 atom stereocenters. The van der Waals surface area contributed by atoms with E-state index in [4.69, 9.17) is 18.0 Å². The molecule has 0 amide bonds. The Morgan fingerprint density at radius 3 is 2.78 bits per heavy atom. The van der Waals surface area contributed by atoms with Gasteiger partial charge in [-0.05, 0) is 45.9 Å². The van der Waals surface area contributed by atoms with Crippen molar-refractivity contribution in [1.82, 2.24) is 9.80 Å². The molecule has 0 bridgehead atoms. The highest BCUT2D eigenvalue weighted by Gasteiger charge is 2.20. The molecule has 1 saturated heterocycles. The minimum absolute atomic E-state index is 0.323. The van der Waals surface area contributed by atoms with Crippen molar-refractivity contribution < 1.29 is 0 Å². The highest BCUT2D eigenvalue weighted by atomic mass is 32.1. The first-order chi connectivity index (χ1) is 8.54. The molecule has 3 nitrogen and oxygen atoms in total. The van der Waals surface area contributed by atoms with E-state index in [0.29, 0.717) is 10.9 Å². The van der Waals surface area contributed by atoms with Crippen LogP contribution in [0.1, 0.15) is 39.5 Å². The normalized spacial score (nSPS) is 23.2. The number of nitrogens with zero attached hydrogens (tertiary/aromatic N) is 2. The maximum absolute atomic E-state index is 5.70. The lowest BCUT2D eigenvalue weighted by atomic mass is 10.00. The van der Waals surface area contributed by atoms with Gasteiger partial charge in [0.2, 0.25) is 0 Å². The number of likely N-dealkylation sites (tertiary alicyclic amines) is 1. The van der Waals surface area contributed by atoms with Crippen molar-refractivity contribution in [2.24, 2.45) is 11.7 Å². The third-order valence-corrected chi connectivity index (χ3v) is 4.57. The van der Waals surface area contributed by atoms with Gasteiger partial charge in [-0.1, -0.05) is 32.5 Å². The average molecular weight is 271 g/mol. The summed E-state index contributed by atoms with van der Waals surface area (Å²) in [5.74, 6) is 0.323. The molecule has 1 aliphatic heterocycles. The van der Waals surface area contributed by atoms with Gasteiger partial charge in [0, 0.05) is 18.5 Å². The number of hydrogen-bond donors (Lipinski definition) is 1. The molecule has 0 radical (unpaired) electrons. The molecular weight excluding hydrogens is 242 g/mol. The lowest BCUT2D eigenvalue weighted by Crippen LogP contribution is -2.40. The number of nitrogens with two attached hydrogens (primary N) is 1. The summed E-state index contributed by atoms with van der Waals surface area (Å²) in [6.45, 7) is 8.86. The summed E-state index contributed by atoms with van der Waals surface area (Å²) in [5.41, 5.74) is 5.70. The third kappa shape index (κ3) is 5.21. The molecule has 18 heavy (non-hydrogen) atoms. The third-order valence-electron chi connectivity index (χ3n) is 4.17. The van der Waals surface area contributed by atoms with Crippen LogP contribution in [0.25, 0.3) is 0 Å². The van der Waals surface area contributed by atoms with Gasteiger partial charge in [-0.25, -0.2) is 0 Å². The number of rotatable bonds is 7. The summed E-state index contributed by atoms with van der Waals surface area (Å²) in [4.78, 5) is 5.64. The van der Waals surface area contributed by atoms with E-state index in [1.807, 2.05) is 0 Å². The van der Waals surface area contributed by atoms with Gasteiger partial charge in [0.25, 0.3) is 0 Å². The van der Waals surface area contributed by atoms with E-state index in [-0.39, 0.29) is 0 Å². The molecule has 0 aromatic rings. The van der Waals surface area contributed by atoms with Gasteiger partial charge < -0.3 is 15.5 Å². The zero-order chi connectivity index (χ0) is 13.5. The van der Waals surface area contributed by atoms with Crippen LogP contribution in [0, 0.1) is 5.92 Å². The highest BCUT2D eigenvalue weighted by Crippen LogP contribution is 2.18. The summed E-state index contributed by atoms with van der Waals surface area (Å²) in [6, 6.07) is 0.771. The standard InChI is InChI=1S/C14H29N3S/c1-4-17(11-12(2)14(15)18)10-8-13-7-5-6-9-16(13)3/h12-13H,4-11H2,1-3H3,(H2,15,18). The van der Waals surface area contributed by atoms with Crippen molar-refractivity contribution in [1.29, 1.82) is 0 Å². The molecule has 1 aliphatic rings. The fourth-order valence-electron chi connectivity index (χ4n) is 2.70. The number of thiocarbonyl (C=S) groups is 1. The predicted octanol–water partition coefficient (Wildman–Crippen LogP) is 2.10. The monoisotopic (exact) mass is 271 g/mol. The van der Waals surface area contributed by atoms with Crippen molar-refractivity contribution in [3.63, 3.8) is 0 Å². The van der Waals surface area contributed by atoms with Crippen LogP contribution in [0.15, 0.2) is 0 Å². The van der Waals surface area contributed by atoms with E-state index >= 15 is 0 Å². The van der Waals surface area contributed by atoms with Gasteiger partial charge in [-0.3, -0.25) is 0 Å². The molecule has 4 heteroatoms. The van der Waals surface area contributed by atoms with Crippen molar-refractivity contribution >= 4 is 17.2 Å². The summed E-state index contributed by atoms with van der Waals surface area (Å²) >= 11 is 5.06. The van der Waals surface area contributed by atoms with Crippen LogP contribution in [0.5, 0.6) is 0 Å². The fourth-order valence-corrected chi connectivity index (χ4v) is 2.77. The number of hydrogen-bond acceptors (Lipinski definition) is 3. The Balaban J connectivity index is 2.32. The van der Waals surface area contributed by atoms with Crippen LogP contribution in [-0.4, -0.2) is 54.1 Å². The van der Waals surface area contributed by atoms with Crippen LogP contribution in [-0.2, 0) is 0 Å². The lowest BCUT2D eigenvalue weighted by Gasteiger charge is -2.34. The van der Waals surface area contributed by atoms with Crippen LogP contribution in [0.3, 0.4) is 0 Å². The molecule has 0 aromatic heterocycles. The van der Waals surface area contributed by atoms with Crippen molar-refractivity contribution in [2.75, 3.05) is 33.2 Å². The van der Waals surface area contributed by atoms with E-state index in [1.165, 1.54) is 38.8 Å². The summed E-state index contributed by atoms with van der Waals surface area (Å²) in [6.07, 6.45) is 5.39. The smallest absolute Gasteiger partial charge is 0.0768 e. The molecule has 0 spiro atoms. The minimum Gasteiger partial charge on any atom is -0.393 e. The Labute approximate surface area is 118 Å². The molecule has 1 heterocycles. The molecule has 2 unspecified atom stereocenters. The molecule has 2 N–H and O–H groups in total. The molecular formula is C14H29N3S. The summed E-state index contributed by atoms with van der Waals surface area (Å²) < 4.78 is 0. The molecule has 0 aliphatic carbocycles. The number of piperidine rings is 1. The Morgan fingerprint density at radius 1 is 1.50 bits per heavy atom. The molecule has 1 fully saturated rings. The van der Waals surface area contributed by atoms with Crippen LogP contribution in [0.2, 0.25) is 0 Å². The predicted molar refractivity (Wildman–Crippen MR) is 82.9 cm³/mol. The van der Waals surface area contributed by atoms with E-state index in [9.17, 15) is 0 Å². The first-order valence-corrected chi connectivity index (χ1v) is 7.67. The Morgan fingerprint density at radius 2 is 2.22 bits per heavy atom. The van der Waals surface area contributed by atoms with Crippen LogP contribution < -0.4 is 5.73 Å². The van der Waals surface area contributed by atoms with Crippen LogP contribution in [0.4, 0.5) is 0 Å². The van der Waals surface area contributed by atoms with Crippen molar-refractivity contribution in [3.05, 3.63) is 0 Å². The molecule has 0 saturated carbocycles.